The molecule has 0 aromatic heterocycles. The zero-order valence-electron chi connectivity index (χ0n) is 20.6. The van der Waals surface area contributed by atoms with Gasteiger partial charge in [0.25, 0.3) is 0 Å². The number of fused-ring (bicyclic) bond motifs is 3. The maximum absolute atomic E-state index is 13.5. The summed E-state index contributed by atoms with van der Waals surface area (Å²) in [6.45, 7) is 1.34. The van der Waals surface area contributed by atoms with Crippen molar-refractivity contribution in [3.05, 3.63) is 65.2 Å². The number of aliphatic imine (C=N–C) groups is 1. The first-order valence-electron chi connectivity index (χ1n) is 12.3. The molecule has 4 rings (SSSR count). The second-order valence-corrected chi connectivity index (χ2v) is 9.66. The van der Waals surface area contributed by atoms with Gasteiger partial charge in [0.2, 0.25) is 0 Å². The Morgan fingerprint density at radius 2 is 1.97 bits per heavy atom. The number of hydrogen-bond donors (Lipinski definition) is 2. The van der Waals surface area contributed by atoms with Crippen molar-refractivity contribution in [1.82, 2.24) is 10.2 Å². The molecule has 2 aromatic carbocycles. The summed E-state index contributed by atoms with van der Waals surface area (Å²) in [5.41, 5.74) is 1.66. The summed E-state index contributed by atoms with van der Waals surface area (Å²) in [6.07, 6.45) is -0.283. The Hall–Kier alpha value is -3.09. The van der Waals surface area contributed by atoms with Crippen LogP contribution in [0.2, 0.25) is 0 Å². The third kappa shape index (κ3) is 6.18. The normalized spacial score (nSPS) is 23.9. The number of nitrogens with one attached hydrogen (secondary N) is 2. The molecule has 2 heterocycles. The summed E-state index contributed by atoms with van der Waals surface area (Å²) in [7, 11) is 3.92. The van der Waals surface area contributed by atoms with Crippen LogP contribution in [-0.4, -0.2) is 44.0 Å². The molecule has 36 heavy (non-hydrogen) atoms. The van der Waals surface area contributed by atoms with Gasteiger partial charge in [0.1, 0.15) is 5.84 Å². The van der Waals surface area contributed by atoms with E-state index in [9.17, 15) is 13.2 Å². The molecule has 192 valence electrons. The highest BCUT2D eigenvalue weighted by atomic mass is 19.4. The fourth-order valence-corrected chi connectivity index (χ4v) is 5.06. The van der Waals surface area contributed by atoms with Gasteiger partial charge in [-0.05, 0) is 57.1 Å². The molecular weight excluding hydrogens is 467 g/mol. The van der Waals surface area contributed by atoms with Crippen LogP contribution in [-0.2, 0) is 10.9 Å². The molecule has 0 aliphatic carbocycles. The molecule has 0 amide bonds. The van der Waals surface area contributed by atoms with Gasteiger partial charge in [-0.25, -0.2) is 0 Å². The number of anilines is 1. The van der Waals surface area contributed by atoms with Crippen molar-refractivity contribution in [3.63, 3.8) is 0 Å². The summed E-state index contributed by atoms with van der Waals surface area (Å²) in [6, 6.07) is 13.8. The van der Waals surface area contributed by atoms with Crippen LogP contribution >= 0.6 is 0 Å². The van der Waals surface area contributed by atoms with Gasteiger partial charge in [0.15, 0.2) is 6.19 Å². The molecule has 6 nitrogen and oxygen atoms in total. The van der Waals surface area contributed by atoms with E-state index in [-0.39, 0.29) is 18.1 Å². The predicted molar refractivity (Wildman–Crippen MR) is 133 cm³/mol. The van der Waals surface area contributed by atoms with E-state index in [1.807, 2.05) is 55.5 Å². The van der Waals surface area contributed by atoms with E-state index >= 15 is 0 Å². The molecule has 0 saturated carbocycles. The maximum atomic E-state index is 13.5. The first kappa shape index (κ1) is 26.0. The van der Waals surface area contributed by atoms with Crippen molar-refractivity contribution in [1.29, 1.82) is 5.26 Å². The van der Waals surface area contributed by atoms with Gasteiger partial charge in [-0.2, -0.15) is 18.4 Å². The van der Waals surface area contributed by atoms with Crippen LogP contribution < -0.4 is 10.6 Å². The smallest absolute Gasteiger partial charge is 0.378 e. The molecule has 2 aliphatic rings. The van der Waals surface area contributed by atoms with Gasteiger partial charge in [-0.15, -0.1) is 0 Å². The van der Waals surface area contributed by atoms with E-state index in [1.54, 1.807) is 0 Å². The van der Waals surface area contributed by atoms with Crippen molar-refractivity contribution >= 4 is 11.5 Å². The Balaban J connectivity index is 1.55. The van der Waals surface area contributed by atoms with Gasteiger partial charge < -0.3 is 15.0 Å². The molecule has 0 unspecified atom stereocenters. The highest BCUT2D eigenvalue weighted by Crippen LogP contribution is 2.51. The number of halogens is 3. The maximum Gasteiger partial charge on any atom is 0.416 e. The molecule has 0 bridgehead atoms. The Bertz CT molecular complexity index is 1100. The quantitative estimate of drug-likeness (QED) is 0.227. The standard InChI is InChI=1S/C27H32F3N5O/c1-35(2)15-14-32-24(33-17-31)13-10-20-9-11-21-25(18-6-4-3-5-7-18)34-23-12-8-19(27(28,29)30)16-22(23)26(21)36-20/h3-8,12,16,20-21,25-26,34H,9-11,13-15H2,1-2H3,(H,32,33)/t20-,21+,25+,26+/m1/s1. The number of alkyl halides is 3. The molecular formula is C27H32F3N5O. The minimum atomic E-state index is -4.42. The van der Waals surface area contributed by atoms with Crippen LogP contribution in [0.15, 0.2) is 53.5 Å². The third-order valence-electron chi connectivity index (χ3n) is 6.89. The van der Waals surface area contributed by atoms with Crippen molar-refractivity contribution < 1.29 is 17.9 Å². The highest BCUT2D eigenvalue weighted by Gasteiger charge is 2.43. The molecule has 0 radical (unpaired) electrons. The van der Waals surface area contributed by atoms with Crippen molar-refractivity contribution in [2.24, 2.45) is 10.9 Å². The summed E-state index contributed by atoms with van der Waals surface area (Å²) in [4.78, 5) is 6.52. The van der Waals surface area contributed by atoms with Gasteiger partial charge >= 0.3 is 6.18 Å². The number of amidine groups is 1. The van der Waals surface area contributed by atoms with Crippen LogP contribution in [0.1, 0.15) is 54.5 Å². The van der Waals surface area contributed by atoms with E-state index in [0.29, 0.717) is 36.5 Å². The first-order chi connectivity index (χ1) is 17.3. The zero-order chi connectivity index (χ0) is 25.7. The lowest BCUT2D eigenvalue weighted by Crippen LogP contribution is -2.39. The van der Waals surface area contributed by atoms with Crippen LogP contribution in [0.25, 0.3) is 0 Å². The lowest BCUT2D eigenvalue weighted by atomic mass is 9.76. The number of likely N-dealkylation sites (N-methyl/N-ethyl adjacent to an activating group) is 1. The highest BCUT2D eigenvalue weighted by molar-refractivity contribution is 5.83. The predicted octanol–water partition coefficient (Wildman–Crippen LogP) is 5.52. The fourth-order valence-electron chi connectivity index (χ4n) is 5.06. The van der Waals surface area contributed by atoms with Gasteiger partial charge in [0, 0.05) is 30.1 Å². The molecule has 2 aliphatic heterocycles. The van der Waals surface area contributed by atoms with Crippen molar-refractivity contribution in [3.8, 4) is 6.19 Å². The fraction of sp³-hybridized carbons (Fsp3) is 0.481. The second-order valence-electron chi connectivity index (χ2n) is 9.66. The van der Waals surface area contributed by atoms with Crippen LogP contribution in [0.5, 0.6) is 0 Å². The Morgan fingerprint density at radius 3 is 2.67 bits per heavy atom. The van der Waals surface area contributed by atoms with Gasteiger partial charge in [0.05, 0.1) is 30.4 Å². The SMILES string of the molecule is CN(C)CCN=C(CC[C@H]1CC[C@@H]2[C@H](O1)c1cc(C(F)(F)F)ccc1N[C@H]2c1ccccc1)NC#N. The van der Waals surface area contributed by atoms with Crippen LogP contribution in [0.3, 0.4) is 0 Å². The molecule has 0 spiro atoms. The molecule has 1 fully saturated rings. The summed E-state index contributed by atoms with van der Waals surface area (Å²) >= 11 is 0. The van der Waals surface area contributed by atoms with E-state index in [2.05, 4.69) is 15.6 Å². The number of nitriles is 1. The van der Waals surface area contributed by atoms with Crippen molar-refractivity contribution in [2.75, 3.05) is 32.5 Å². The Labute approximate surface area is 210 Å². The minimum Gasteiger partial charge on any atom is -0.378 e. The summed E-state index contributed by atoms with van der Waals surface area (Å²) in [5, 5.41) is 15.2. The number of rotatable bonds is 7. The topological polar surface area (TPSA) is 72.7 Å². The number of benzene rings is 2. The monoisotopic (exact) mass is 499 g/mol. The summed E-state index contributed by atoms with van der Waals surface area (Å²) in [5.74, 6) is 0.613. The van der Waals surface area contributed by atoms with Gasteiger partial charge in [-0.1, -0.05) is 30.3 Å². The van der Waals surface area contributed by atoms with Gasteiger partial charge in [-0.3, -0.25) is 10.3 Å². The average Bonchev–Trinajstić information content (AvgIpc) is 2.86. The van der Waals surface area contributed by atoms with Crippen LogP contribution in [0.4, 0.5) is 18.9 Å². The summed E-state index contributed by atoms with van der Waals surface area (Å²) < 4.78 is 47.1. The molecule has 1 saturated heterocycles. The zero-order valence-corrected chi connectivity index (χ0v) is 20.6. The first-order valence-corrected chi connectivity index (χ1v) is 12.3. The number of hydrogen-bond acceptors (Lipinski definition) is 5. The Morgan fingerprint density at radius 1 is 1.19 bits per heavy atom. The third-order valence-corrected chi connectivity index (χ3v) is 6.89. The van der Waals surface area contributed by atoms with E-state index in [1.165, 1.54) is 12.1 Å². The molecule has 9 heteroatoms. The molecule has 2 aromatic rings. The lowest BCUT2D eigenvalue weighted by Gasteiger charge is -2.46. The minimum absolute atomic E-state index is 0.00472. The number of nitrogens with zero attached hydrogens (tertiary/aromatic N) is 3. The lowest BCUT2D eigenvalue weighted by molar-refractivity contribution is -0.138. The molecule has 2 N–H and O–H groups in total. The number of ether oxygens (including phenoxy) is 1. The van der Waals surface area contributed by atoms with E-state index in [0.717, 1.165) is 31.0 Å². The molecule has 4 atom stereocenters. The van der Waals surface area contributed by atoms with Crippen molar-refractivity contribution in [2.45, 2.75) is 50.1 Å². The second kappa shape index (κ2) is 11.3. The van der Waals surface area contributed by atoms with Crippen LogP contribution in [0, 0.1) is 17.4 Å². The van der Waals surface area contributed by atoms with E-state index in [4.69, 9.17) is 10.00 Å². The largest absolute Gasteiger partial charge is 0.416 e. The van der Waals surface area contributed by atoms with E-state index < -0.39 is 17.8 Å². The Kier molecular flexibility index (Phi) is 8.17. The average molecular weight is 500 g/mol.